The summed E-state index contributed by atoms with van der Waals surface area (Å²) in [4.78, 5) is 27.6. The lowest BCUT2D eigenvalue weighted by molar-refractivity contribution is 0.0728. The molecule has 1 atom stereocenters. The molecule has 0 spiro atoms. The molecule has 0 aromatic heterocycles. The van der Waals surface area contributed by atoms with Gasteiger partial charge in [0.05, 0.1) is 0 Å². The first-order valence-electron chi connectivity index (χ1n) is 11.1. The van der Waals surface area contributed by atoms with E-state index in [1.165, 1.54) is 36.4 Å². The van der Waals surface area contributed by atoms with E-state index < -0.39 is 6.17 Å². The monoisotopic (exact) mass is 469 g/mol. The van der Waals surface area contributed by atoms with E-state index >= 15 is 0 Å². The van der Waals surface area contributed by atoms with Gasteiger partial charge in [0.2, 0.25) is 0 Å². The molecule has 0 radical (unpaired) electrons. The van der Waals surface area contributed by atoms with E-state index in [2.05, 4.69) is 10.6 Å². The van der Waals surface area contributed by atoms with E-state index in [4.69, 9.17) is 0 Å². The van der Waals surface area contributed by atoms with E-state index in [1.807, 2.05) is 24.3 Å². The molecule has 0 saturated carbocycles. The average molecular weight is 469 g/mol. The van der Waals surface area contributed by atoms with Crippen molar-refractivity contribution in [1.29, 1.82) is 0 Å². The number of rotatable bonds is 6. The highest BCUT2D eigenvalue weighted by Gasteiger charge is 2.36. The molecule has 35 heavy (non-hydrogen) atoms. The van der Waals surface area contributed by atoms with E-state index in [-0.39, 0.29) is 30.0 Å². The van der Waals surface area contributed by atoms with Crippen molar-refractivity contribution < 1.29 is 18.4 Å². The van der Waals surface area contributed by atoms with Gasteiger partial charge in [-0.2, -0.15) is 0 Å². The summed E-state index contributed by atoms with van der Waals surface area (Å²) in [5.74, 6) is -1.19. The third kappa shape index (κ3) is 4.75. The van der Waals surface area contributed by atoms with Crippen LogP contribution in [0.3, 0.4) is 0 Å². The fraction of sp³-hybridized carbons (Fsp3) is 0.0714. The van der Waals surface area contributed by atoms with Crippen molar-refractivity contribution in [2.75, 3.05) is 10.6 Å². The Balaban J connectivity index is 1.39. The average Bonchev–Trinajstić information content (AvgIpc) is 3.13. The topological polar surface area (TPSA) is 61.4 Å². The zero-order valence-corrected chi connectivity index (χ0v) is 18.5. The van der Waals surface area contributed by atoms with Crippen LogP contribution in [0.15, 0.2) is 97.1 Å². The van der Waals surface area contributed by atoms with Crippen LogP contribution in [0.1, 0.15) is 38.0 Å². The van der Waals surface area contributed by atoms with Gasteiger partial charge in [-0.1, -0.05) is 36.4 Å². The second-order valence-electron chi connectivity index (χ2n) is 8.24. The highest BCUT2D eigenvalue weighted by Crippen LogP contribution is 2.35. The fourth-order valence-electron chi connectivity index (χ4n) is 4.12. The fourth-order valence-corrected chi connectivity index (χ4v) is 4.12. The van der Waals surface area contributed by atoms with Crippen molar-refractivity contribution >= 4 is 23.2 Å². The summed E-state index contributed by atoms with van der Waals surface area (Å²) in [7, 11) is 0. The van der Waals surface area contributed by atoms with Crippen molar-refractivity contribution in [2.24, 2.45) is 0 Å². The molecule has 4 aromatic carbocycles. The Hall–Kier alpha value is -4.52. The number of fused-ring (bicyclic) bond motifs is 1. The van der Waals surface area contributed by atoms with Gasteiger partial charge in [-0.25, -0.2) is 8.78 Å². The second-order valence-corrected chi connectivity index (χ2v) is 8.24. The number of nitrogens with one attached hydrogen (secondary N) is 2. The standard InChI is InChI=1S/C28H21F2N3O2/c29-20-10-8-18(9-11-20)17-33-26(24-6-1-2-7-25(24)28(33)35)31-23-5-3-4-19(16-23)27(34)32-22-14-12-21(30)13-15-22/h1-16,26,31H,17H2,(H,32,34). The first-order valence-corrected chi connectivity index (χ1v) is 11.1. The lowest BCUT2D eigenvalue weighted by Gasteiger charge is -2.27. The molecular weight excluding hydrogens is 448 g/mol. The number of nitrogens with zero attached hydrogens (tertiary/aromatic N) is 1. The van der Waals surface area contributed by atoms with E-state index in [9.17, 15) is 18.4 Å². The molecule has 0 bridgehead atoms. The number of carbonyl (C=O) groups is 2. The zero-order valence-electron chi connectivity index (χ0n) is 18.5. The van der Waals surface area contributed by atoms with Gasteiger partial charge in [0.15, 0.2) is 0 Å². The van der Waals surface area contributed by atoms with Gasteiger partial charge in [-0.3, -0.25) is 9.59 Å². The normalized spacial score (nSPS) is 14.5. The number of carbonyl (C=O) groups excluding carboxylic acids is 2. The lowest BCUT2D eigenvalue weighted by atomic mass is 10.1. The molecule has 7 heteroatoms. The van der Waals surface area contributed by atoms with Gasteiger partial charge in [0.25, 0.3) is 11.8 Å². The predicted molar refractivity (Wildman–Crippen MR) is 130 cm³/mol. The first-order chi connectivity index (χ1) is 17.0. The Morgan fingerprint density at radius 3 is 2.23 bits per heavy atom. The highest BCUT2D eigenvalue weighted by atomic mass is 19.1. The summed E-state index contributed by atoms with van der Waals surface area (Å²) in [5, 5.41) is 6.12. The largest absolute Gasteiger partial charge is 0.361 e. The van der Waals surface area contributed by atoms with Gasteiger partial charge in [0, 0.05) is 34.6 Å². The van der Waals surface area contributed by atoms with Crippen LogP contribution in [0.2, 0.25) is 0 Å². The Labute approximate surface area is 201 Å². The van der Waals surface area contributed by atoms with Crippen LogP contribution in [0.25, 0.3) is 0 Å². The third-order valence-electron chi connectivity index (χ3n) is 5.85. The van der Waals surface area contributed by atoms with Crippen LogP contribution >= 0.6 is 0 Å². The minimum Gasteiger partial charge on any atom is -0.361 e. The van der Waals surface area contributed by atoms with Crippen molar-refractivity contribution in [3.63, 3.8) is 0 Å². The molecule has 4 aromatic rings. The number of hydrogen-bond donors (Lipinski definition) is 2. The van der Waals surface area contributed by atoms with Crippen molar-refractivity contribution in [3.8, 4) is 0 Å². The molecule has 5 nitrogen and oxygen atoms in total. The van der Waals surface area contributed by atoms with Gasteiger partial charge < -0.3 is 15.5 Å². The van der Waals surface area contributed by atoms with E-state index in [0.717, 1.165) is 11.1 Å². The van der Waals surface area contributed by atoms with Crippen LogP contribution in [0.4, 0.5) is 20.2 Å². The number of benzene rings is 4. The second kappa shape index (κ2) is 9.38. The molecule has 1 aliphatic heterocycles. The SMILES string of the molecule is O=C(Nc1ccc(F)cc1)c1cccc(NC2c3ccccc3C(=O)N2Cc2ccc(F)cc2)c1. The molecule has 2 amide bonds. The summed E-state index contributed by atoms with van der Waals surface area (Å²) in [5.41, 5.74) is 3.75. The quantitative estimate of drug-likeness (QED) is 0.365. The summed E-state index contributed by atoms with van der Waals surface area (Å²) in [6, 6.07) is 25.9. The first kappa shape index (κ1) is 22.3. The van der Waals surface area contributed by atoms with Gasteiger partial charge in [-0.15, -0.1) is 0 Å². The summed E-state index contributed by atoms with van der Waals surface area (Å²) in [6.45, 7) is 0.288. The van der Waals surface area contributed by atoms with Crippen LogP contribution < -0.4 is 10.6 Å². The Kier molecular flexibility index (Phi) is 5.97. The van der Waals surface area contributed by atoms with Gasteiger partial charge in [-0.05, 0) is 66.2 Å². The van der Waals surface area contributed by atoms with Crippen molar-refractivity contribution in [3.05, 3.63) is 131 Å². The Morgan fingerprint density at radius 1 is 0.800 bits per heavy atom. The summed E-state index contributed by atoms with van der Waals surface area (Å²) in [6.07, 6.45) is -0.473. The van der Waals surface area contributed by atoms with E-state index in [0.29, 0.717) is 22.5 Å². The Bertz CT molecular complexity index is 1390. The highest BCUT2D eigenvalue weighted by molar-refractivity contribution is 6.05. The maximum absolute atomic E-state index is 13.4. The minimum absolute atomic E-state index is 0.132. The van der Waals surface area contributed by atoms with Crippen LogP contribution in [0.5, 0.6) is 0 Å². The summed E-state index contributed by atoms with van der Waals surface area (Å²) < 4.78 is 26.5. The molecule has 0 saturated heterocycles. The maximum Gasteiger partial charge on any atom is 0.256 e. The van der Waals surface area contributed by atoms with Gasteiger partial charge in [0.1, 0.15) is 17.8 Å². The predicted octanol–water partition coefficient (Wildman–Crippen LogP) is 5.98. The number of amides is 2. The number of hydrogen-bond acceptors (Lipinski definition) is 3. The molecular formula is C28H21F2N3O2. The summed E-state index contributed by atoms with van der Waals surface area (Å²) >= 11 is 0. The molecule has 0 aliphatic carbocycles. The van der Waals surface area contributed by atoms with Crippen molar-refractivity contribution in [2.45, 2.75) is 12.7 Å². The number of anilines is 2. The number of halogens is 2. The molecule has 5 rings (SSSR count). The smallest absolute Gasteiger partial charge is 0.256 e. The van der Waals surface area contributed by atoms with Crippen LogP contribution in [-0.2, 0) is 6.54 Å². The zero-order chi connectivity index (χ0) is 24.4. The van der Waals surface area contributed by atoms with Crippen LogP contribution in [-0.4, -0.2) is 16.7 Å². The molecule has 1 unspecified atom stereocenters. The third-order valence-corrected chi connectivity index (χ3v) is 5.85. The molecule has 1 heterocycles. The lowest BCUT2D eigenvalue weighted by Crippen LogP contribution is -2.32. The minimum atomic E-state index is -0.473. The molecule has 0 fully saturated rings. The van der Waals surface area contributed by atoms with E-state index in [1.54, 1.807) is 41.3 Å². The molecule has 174 valence electrons. The molecule has 1 aliphatic rings. The Morgan fingerprint density at radius 2 is 1.49 bits per heavy atom. The van der Waals surface area contributed by atoms with Gasteiger partial charge >= 0.3 is 0 Å². The molecule has 2 N–H and O–H groups in total. The maximum atomic E-state index is 13.4. The van der Waals surface area contributed by atoms with Crippen molar-refractivity contribution in [1.82, 2.24) is 4.90 Å². The van der Waals surface area contributed by atoms with Crippen LogP contribution in [0, 0.1) is 11.6 Å².